The fourth-order valence-electron chi connectivity index (χ4n) is 1.96. The number of hydrogen-bond donors (Lipinski definition) is 1. The summed E-state index contributed by atoms with van der Waals surface area (Å²) in [5.41, 5.74) is 2.22. The van der Waals surface area contributed by atoms with Gasteiger partial charge in [0.25, 0.3) is 5.91 Å². The summed E-state index contributed by atoms with van der Waals surface area (Å²) in [4.78, 5) is 22.0. The Bertz CT molecular complexity index is 787. The van der Waals surface area contributed by atoms with Gasteiger partial charge >= 0.3 is 0 Å². The molecule has 0 radical (unpaired) electrons. The van der Waals surface area contributed by atoms with Crippen molar-refractivity contribution in [3.05, 3.63) is 59.6 Å². The first-order valence-electron chi connectivity index (χ1n) is 6.59. The molecule has 0 aliphatic carbocycles. The molecule has 0 aliphatic rings. The lowest BCUT2D eigenvalue weighted by atomic mass is 10.2. The number of rotatable bonds is 4. The molecule has 3 rings (SSSR count). The third-order valence-electron chi connectivity index (χ3n) is 3.00. The average molecular weight is 327 g/mol. The monoisotopic (exact) mass is 327 g/mol. The molecule has 4 nitrogen and oxygen atoms in total. The van der Waals surface area contributed by atoms with Crippen LogP contribution in [0.1, 0.15) is 10.4 Å². The lowest BCUT2D eigenvalue weighted by molar-refractivity contribution is 0.102. The number of anilines is 1. The average Bonchev–Trinajstić information content (AvgIpc) is 3.04. The van der Waals surface area contributed by atoms with Crippen LogP contribution in [0.4, 0.5) is 5.13 Å². The Morgan fingerprint density at radius 1 is 1.14 bits per heavy atom. The van der Waals surface area contributed by atoms with Gasteiger partial charge in [0.15, 0.2) is 5.13 Å². The number of amides is 1. The van der Waals surface area contributed by atoms with E-state index in [1.54, 1.807) is 18.0 Å². The third kappa shape index (κ3) is 3.18. The first-order valence-corrected chi connectivity index (χ1v) is 8.69. The van der Waals surface area contributed by atoms with Gasteiger partial charge in [-0.2, -0.15) is 0 Å². The van der Waals surface area contributed by atoms with Crippen LogP contribution in [0.15, 0.2) is 58.9 Å². The van der Waals surface area contributed by atoms with Crippen molar-refractivity contribution < 1.29 is 4.79 Å². The summed E-state index contributed by atoms with van der Waals surface area (Å²) in [6.07, 6.45) is 3.68. The number of thiazole rings is 1. The number of benzene rings is 1. The minimum absolute atomic E-state index is 0.146. The second kappa shape index (κ2) is 6.72. The smallest absolute Gasteiger partial charge is 0.258 e. The Morgan fingerprint density at radius 3 is 2.73 bits per heavy atom. The van der Waals surface area contributed by atoms with E-state index in [1.165, 1.54) is 11.3 Å². The second-order valence-corrected chi connectivity index (χ2v) is 6.11. The van der Waals surface area contributed by atoms with Crippen molar-refractivity contribution in [2.24, 2.45) is 0 Å². The molecule has 3 aromatic rings. The van der Waals surface area contributed by atoms with Crippen molar-refractivity contribution in [1.29, 1.82) is 0 Å². The molecule has 22 heavy (non-hydrogen) atoms. The van der Waals surface area contributed by atoms with E-state index in [0.717, 1.165) is 16.3 Å². The molecule has 1 amide bonds. The van der Waals surface area contributed by atoms with Crippen LogP contribution in [0.3, 0.4) is 0 Å². The van der Waals surface area contributed by atoms with E-state index >= 15 is 0 Å². The fraction of sp³-hybridized carbons (Fsp3) is 0.0625. The molecule has 0 aliphatic heterocycles. The molecular weight excluding hydrogens is 314 g/mol. The lowest BCUT2D eigenvalue weighted by Crippen LogP contribution is -2.12. The van der Waals surface area contributed by atoms with Crippen molar-refractivity contribution in [3.63, 3.8) is 0 Å². The zero-order valence-corrected chi connectivity index (χ0v) is 13.4. The van der Waals surface area contributed by atoms with Crippen molar-refractivity contribution in [3.8, 4) is 11.4 Å². The first-order chi connectivity index (χ1) is 10.8. The maximum Gasteiger partial charge on any atom is 0.258 e. The van der Waals surface area contributed by atoms with Crippen LogP contribution in [0, 0.1) is 0 Å². The highest BCUT2D eigenvalue weighted by Gasteiger charge is 2.13. The molecule has 0 atom stereocenters. The summed E-state index contributed by atoms with van der Waals surface area (Å²) in [7, 11) is 0. The highest BCUT2D eigenvalue weighted by molar-refractivity contribution is 7.98. The van der Waals surface area contributed by atoms with Gasteiger partial charge in [-0.3, -0.25) is 15.1 Å². The van der Waals surface area contributed by atoms with Crippen LogP contribution in [0.25, 0.3) is 11.4 Å². The van der Waals surface area contributed by atoms with Gasteiger partial charge in [0.1, 0.15) is 5.69 Å². The Morgan fingerprint density at radius 2 is 1.95 bits per heavy atom. The molecule has 110 valence electrons. The van der Waals surface area contributed by atoms with E-state index < -0.39 is 0 Å². The number of pyridine rings is 1. The van der Waals surface area contributed by atoms with Gasteiger partial charge in [-0.25, -0.2) is 4.98 Å². The normalized spacial score (nSPS) is 10.4. The molecule has 0 saturated carbocycles. The molecule has 1 N–H and O–H groups in total. The van der Waals surface area contributed by atoms with E-state index in [1.807, 2.05) is 54.1 Å². The number of carbonyl (C=O) groups excluding carboxylic acids is 1. The highest BCUT2D eigenvalue weighted by Crippen LogP contribution is 2.25. The Balaban J connectivity index is 1.79. The first kappa shape index (κ1) is 14.7. The van der Waals surface area contributed by atoms with Crippen molar-refractivity contribution >= 4 is 34.1 Å². The standard InChI is InChI=1S/C16H13N3OS2/c1-21-14-8-3-2-6-11(14)15(20)19-16-18-13(10-22-16)12-7-4-5-9-17-12/h2-10H,1H3,(H,18,19,20). The summed E-state index contributed by atoms with van der Waals surface area (Å²) in [5.74, 6) is -0.146. The third-order valence-corrected chi connectivity index (χ3v) is 4.56. The number of nitrogens with zero attached hydrogens (tertiary/aromatic N) is 2. The van der Waals surface area contributed by atoms with Gasteiger partial charge in [-0.05, 0) is 30.5 Å². The molecule has 6 heteroatoms. The summed E-state index contributed by atoms with van der Waals surface area (Å²) in [6.45, 7) is 0. The zero-order valence-electron chi connectivity index (χ0n) is 11.8. The quantitative estimate of drug-likeness (QED) is 0.730. The van der Waals surface area contributed by atoms with Gasteiger partial charge in [-0.15, -0.1) is 23.1 Å². The topological polar surface area (TPSA) is 54.9 Å². The number of nitrogens with one attached hydrogen (secondary N) is 1. The van der Waals surface area contributed by atoms with E-state index in [4.69, 9.17) is 0 Å². The summed E-state index contributed by atoms with van der Waals surface area (Å²) < 4.78 is 0. The molecule has 0 saturated heterocycles. The molecule has 1 aromatic carbocycles. The van der Waals surface area contributed by atoms with E-state index in [9.17, 15) is 4.79 Å². The molecule has 0 fully saturated rings. The Hall–Kier alpha value is -2.18. The Labute approximate surface area is 136 Å². The minimum atomic E-state index is -0.146. The number of aromatic nitrogens is 2. The van der Waals surface area contributed by atoms with Crippen molar-refractivity contribution in [1.82, 2.24) is 9.97 Å². The van der Waals surface area contributed by atoms with Gasteiger partial charge < -0.3 is 0 Å². The SMILES string of the molecule is CSc1ccccc1C(=O)Nc1nc(-c2ccccn2)cs1. The zero-order chi connectivity index (χ0) is 15.4. The van der Waals surface area contributed by atoms with Crippen LogP contribution in [0.2, 0.25) is 0 Å². The van der Waals surface area contributed by atoms with Gasteiger partial charge in [0.05, 0.1) is 11.3 Å². The fourth-order valence-corrected chi connectivity index (χ4v) is 3.25. The maximum atomic E-state index is 12.4. The maximum absolute atomic E-state index is 12.4. The van der Waals surface area contributed by atoms with Crippen LogP contribution in [0.5, 0.6) is 0 Å². The van der Waals surface area contributed by atoms with Crippen LogP contribution in [-0.4, -0.2) is 22.1 Å². The predicted molar refractivity (Wildman–Crippen MR) is 91.5 cm³/mol. The molecule has 0 unspecified atom stereocenters. The lowest BCUT2D eigenvalue weighted by Gasteiger charge is -2.06. The molecule has 2 heterocycles. The summed E-state index contributed by atoms with van der Waals surface area (Å²) in [5, 5.41) is 5.31. The molecule has 0 bridgehead atoms. The van der Waals surface area contributed by atoms with E-state index in [0.29, 0.717) is 10.7 Å². The molecule has 2 aromatic heterocycles. The largest absolute Gasteiger partial charge is 0.298 e. The predicted octanol–water partition coefficient (Wildman–Crippen LogP) is 4.18. The summed E-state index contributed by atoms with van der Waals surface area (Å²) >= 11 is 2.94. The molecule has 0 spiro atoms. The number of hydrogen-bond acceptors (Lipinski definition) is 5. The van der Waals surface area contributed by atoms with Crippen molar-refractivity contribution in [2.45, 2.75) is 4.90 Å². The van der Waals surface area contributed by atoms with Gasteiger partial charge in [0.2, 0.25) is 0 Å². The van der Waals surface area contributed by atoms with Crippen LogP contribution >= 0.6 is 23.1 Å². The van der Waals surface area contributed by atoms with Gasteiger partial charge in [-0.1, -0.05) is 18.2 Å². The van der Waals surface area contributed by atoms with Crippen molar-refractivity contribution in [2.75, 3.05) is 11.6 Å². The van der Waals surface area contributed by atoms with E-state index in [2.05, 4.69) is 15.3 Å². The second-order valence-electron chi connectivity index (χ2n) is 4.41. The number of carbonyl (C=O) groups is 1. The van der Waals surface area contributed by atoms with Crippen LogP contribution in [-0.2, 0) is 0 Å². The minimum Gasteiger partial charge on any atom is -0.298 e. The highest BCUT2D eigenvalue weighted by atomic mass is 32.2. The number of thioether (sulfide) groups is 1. The van der Waals surface area contributed by atoms with Crippen LogP contribution < -0.4 is 5.32 Å². The van der Waals surface area contributed by atoms with E-state index in [-0.39, 0.29) is 5.91 Å². The molecular formula is C16H13N3OS2. The van der Waals surface area contributed by atoms with Gasteiger partial charge in [0, 0.05) is 16.5 Å². The summed E-state index contributed by atoms with van der Waals surface area (Å²) in [6, 6.07) is 13.2. The Kier molecular flexibility index (Phi) is 4.50.